The van der Waals surface area contributed by atoms with Gasteiger partial charge < -0.3 is 75.5 Å². The Hall–Kier alpha value is -2.94. The summed E-state index contributed by atoms with van der Waals surface area (Å²) in [5, 5.41) is 115. The lowest BCUT2D eigenvalue weighted by molar-refractivity contribution is -0.231. The van der Waals surface area contributed by atoms with Crippen LogP contribution >= 0.6 is 0 Å². The van der Waals surface area contributed by atoms with E-state index in [9.17, 15) is 46.0 Å². The Labute approximate surface area is 307 Å². The summed E-state index contributed by atoms with van der Waals surface area (Å²) in [7, 11) is 0. The highest BCUT2D eigenvalue weighted by molar-refractivity contribution is 5.27. The molecule has 3 aromatic rings. The first-order valence-electron chi connectivity index (χ1n) is 17.3. The standard InChI is InChI=1S/2C13H18O5.C12H16O5/c1-7-2-4-8(5-3-7)13-12(17)11(16)10(15)9(6-14)18-13;1-7-3-2-4-8(5-7)13-12(17)11(16)10(15)9(6-14)18-13;13-6-8-9(14)10(15)11(16)12(17-8)7-4-2-1-3-5-7/h2*2-5,9-17H,6H2,1H3;1-5,8-16H,6H2/t9-,10-,11+,12+,13-;9?,10-,11?,12?,13-;8-,9-,10+,11?,12-/m111/s1. The number of hydrogen-bond donors (Lipinski definition) is 12. The molecule has 0 aromatic heterocycles. The first-order valence-corrected chi connectivity index (χ1v) is 17.3. The topological polar surface area (TPSA) is 270 Å². The predicted octanol–water partition coefficient (Wildman–Crippen LogP) is -1.78. The molecule has 3 aromatic carbocycles. The normalized spacial score (nSPS) is 37.1. The van der Waals surface area contributed by atoms with E-state index in [-0.39, 0.29) is 0 Å². The molecule has 0 bridgehead atoms. The molecule has 294 valence electrons. The summed E-state index contributed by atoms with van der Waals surface area (Å²) in [6, 6.07) is 23.6. The van der Waals surface area contributed by atoms with E-state index in [0.717, 1.165) is 11.1 Å². The number of ether oxygens (including phenoxy) is 3. The average Bonchev–Trinajstić information content (AvgIpc) is 3.17. The molecular weight excluding hydrogens is 696 g/mol. The first-order chi connectivity index (χ1) is 25.2. The van der Waals surface area contributed by atoms with Crippen LogP contribution in [0.4, 0.5) is 0 Å². The van der Waals surface area contributed by atoms with Crippen LogP contribution in [0.25, 0.3) is 0 Å². The Bertz CT molecular complexity index is 1510. The van der Waals surface area contributed by atoms with Crippen LogP contribution in [0.5, 0.6) is 0 Å². The van der Waals surface area contributed by atoms with Gasteiger partial charge in [0.25, 0.3) is 0 Å². The van der Waals surface area contributed by atoms with Gasteiger partial charge in [0.2, 0.25) is 0 Å². The van der Waals surface area contributed by atoms with Crippen molar-refractivity contribution in [1.82, 2.24) is 0 Å². The summed E-state index contributed by atoms with van der Waals surface area (Å²) in [6.07, 6.45) is -16.4. The quantitative estimate of drug-likeness (QED) is 0.133. The molecule has 15 heteroatoms. The fraction of sp³-hybridized carbons (Fsp3) is 0.526. The third-order valence-corrected chi connectivity index (χ3v) is 9.58. The summed E-state index contributed by atoms with van der Waals surface area (Å²) in [5.41, 5.74) is 4.20. The zero-order valence-electron chi connectivity index (χ0n) is 29.4. The first kappa shape index (κ1) is 42.8. The van der Waals surface area contributed by atoms with Gasteiger partial charge in [-0.05, 0) is 30.5 Å². The summed E-state index contributed by atoms with van der Waals surface area (Å²) in [5.74, 6) is 0. The van der Waals surface area contributed by atoms with Crippen LogP contribution in [0.3, 0.4) is 0 Å². The maximum Gasteiger partial charge on any atom is 0.113 e. The Kier molecular flexibility index (Phi) is 15.8. The third-order valence-electron chi connectivity index (χ3n) is 9.58. The van der Waals surface area contributed by atoms with Crippen LogP contribution in [-0.2, 0) is 14.2 Å². The molecule has 3 heterocycles. The molecule has 3 saturated heterocycles. The zero-order chi connectivity index (χ0) is 39.0. The molecule has 15 atom stereocenters. The molecule has 3 aliphatic heterocycles. The molecule has 3 fully saturated rings. The van der Waals surface area contributed by atoms with Gasteiger partial charge in [0.05, 0.1) is 19.8 Å². The molecule has 6 rings (SSSR count). The molecule has 53 heavy (non-hydrogen) atoms. The SMILES string of the molecule is Cc1ccc([C@H]2O[C@H](CO)[C@@H](O)[C@H](O)[C@@H]2O)cc1.Cc1cccc([C@H]2OC(CO)[C@@H](O)C(O)C2O)c1.OC[C@H]1O[C@H](c2ccccc2)C(O)[C@@H](O)[C@@H]1O. The lowest BCUT2D eigenvalue weighted by atomic mass is 9.91. The van der Waals surface area contributed by atoms with Crippen molar-refractivity contribution in [2.75, 3.05) is 19.8 Å². The van der Waals surface area contributed by atoms with Crippen molar-refractivity contribution in [2.45, 2.75) is 105 Å². The highest BCUT2D eigenvalue weighted by atomic mass is 16.6. The lowest BCUT2D eigenvalue weighted by Gasteiger charge is -2.40. The largest absolute Gasteiger partial charge is 0.394 e. The number of benzene rings is 3. The molecule has 12 N–H and O–H groups in total. The highest BCUT2D eigenvalue weighted by Gasteiger charge is 2.46. The van der Waals surface area contributed by atoms with Gasteiger partial charge in [0, 0.05) is 0 Å². The predicted molar refractivity (Wildman–Crippen MR) is 187 cm³/mol. The summed E-state index contributed by atoms with van der Waals surface area (Å²) >= 11 is 0. The number of hydrogen-bond acceptors (Lipinski definition) is 15. The van der Waals surface area contributed by atoms with Gasteiger partial charge in [0.15, 0.2) is 0 Å². The van der Waals surface area contributed by atoms with Gasteiger partial charge in [-0.15, -0.1) is 0 Å². The second kappa shape index (κ2) is 19.6. The second-order valence-corrected chi connectivity index (χ2v) is 13.5. The van der Waals surface area contributed by atoms with Crippen LogP contribution in [0, 0.1) is 13.8 Å². The minimum atomic E-state index is -1.33. The maximum absolute atomic E-state index is 9.95. The summed E-state index contributed by atoms with van der Waals surface area (Å²) in [6.45, 7) is 2.62. The van der Waals surface area contributed by atoms with Crippen LogP contribution in [0.2, 0.25) is 0 Å². The lowest BCUT2D eigenvalue weighted by Crippen LogP contribution is -2.55. The zero-order valence-corrected chi connectivity index (χ0v) is 29.4. The van der Waals surface area contributed by atoms with E-state index >= 15 is 0 Å². The molecule has 0 spiro atoms. The number of aryl methyl sites for hydroxylation is 2. The van der Waals surface area contributed by atoms with Gasteiger partial charge >= 0.3 is 0 Å². The van der Waals surface area contributed by atoms with Gasteiger partial charge in [-0.3, -0.25) is 0 Å². The Morgan fingerprint density at radius 1 is 0.377 bits per heavy atom. The van der Waals surface area contributed by atoms with E-state index in [2.05, 4.69) is 0 Å². The average molecular weight is 749 g/mol. The summed E-state index contributed by atoms with van der Waals surface area (Å²) in [4.78, 5) is 0. The van der Waals surface area contributed by atoms with E-state index in [1.165, 1.54) is 0 Å². The van der Waals surface area contributed by atoms with E-state index in [1.807, 2.05) is 50.2 Å². The van der Waals surface area contributed by atoms with Gasteiger partial charge in [-0.2, -0.15) is 0 Å². The highest BCUT2D eigenvalue weighted by Crippen LogP contribution is 2.34. The molecule has 15 nitrogen and oxygen atoms in total. The molecular formula is C38H52O15. The van der Waals surface area contributed by atoms with Crippen LogP contribution in [0.15, 0.2) is 78.9 Å². The Balaban J connectivity index is 0.000000178. The van der Waals surface area contributed by atoms with Crippen molar-refractivity contribution in [3.63, 3.8) is 0 Å². The van der Waals surface area contributed by atoms with E-state index in [1.54, 1.807) is 42.5 Å². The van der Waals surface area contributed by atoms with Crippen LogP contribution in [0.1, 0.15) is 46.1 Å². The molecule has 4 unspecified atom stereocenters. The Morgan fingerprint density at radius 3 is 1.11 bits per heavy atom. The molecule has 0 saturated carbocycles. The smallest absolute Gasteiger partial charge is 0.113 e. The monoisotopic (exact) mass is 748 g/mol. The van der Waals surface area contributed by atoms with Gasteiger partial charge in [0.1, 0.15) is 91.6 Å². The maximum atomic E-state index is 9.95. The third kappa shape index (κ3) is 10.2. The number of aliphatic hydroxyl groups is 12. The molecule has 3 aliphatic rings. The van der Waals surface area contributed by atoms with E-state index in [0.29, 0.717) is 16.7 Å². The number of aliphatic hydroxyl groups excluding tert-OH is 12. The second-order valence-electron chi connectivity index (χ2n) is 13.5. The Morgan fingerprint density at radius 2 is 0.736 bits per heavy atom. The van der Waals surface area contributed by atoms with Gasteiger partial charge in [-0.1, -0.05) is 90.0 Å². The number of rotatable bonds is 6. The van der Waals surface area contributed by atoms with Crippen LogP contribution < -0.4 is 0 Å². The summed E-state index contributed by atoms with van der Waals surface area (Å²) < 4.78 is 16.3. The van der Waals surface area contributed by atoms with Crippen molar-refractivity contribution in [1.29, 1.82) is 0 Å². The molecule has 0 amide bonds. The molecule has 0 aliphatic carbocycles. The van der Waals surface area contributed by atoms with Crippen molar-refractivity contribution >= 4 is 0 Å². The minimum absolute atomic E-state index is 0.408. The van der Waals surface area contributed by atoms with E-state index < -0.39 is 111 Å². The van der Waals surface area contributed by atoms with Gasteiger partial charge in [-0.25, -0.2) is 0 Å². The minimum Gasteiger partial charge on any atom is -0.394 e. The van der Waals surface area contributed by atoms with E-state index in [4.69, 9.17) is 29.5 Å². The fourth-order valence-electron chi connectivity index (χ4n) is 6.38. The van der Waals surface area contributed by atoms with Crippen molar-refractivity contribution in [3.05, 3.63) is 107 Å². The van der Waals surface area contributed by atoms with Crippen molar-refractivity contribution in [3.8, 4) is 0 Å². The fourth-order valence-corrected chi connectivity index (χ4v) is 6.38. The van der Waals surface area contributed by atoms with Crippen molar-refractivity contribution < 1.29 is 75.5 Å². The van der Waals surface area contributed by atoms with Crippen molar-refractivity contribution in [2.24, 2.45) is 0 Å². The molecule has 0 radical (unpaired) electrons. The van der Waals surface area contributed by atoms with Crippen LogP contribution in [-0.4, -0.2) is 154 Å².